The Morgan fingerprint density at radius 2 is 1.80 bits per heavy atom. The highest BCUT2D eigenvalue weighted by atomic mass is 79.9. The van der Waals surface area contributed by atoms with E-state index in [4.69, 9.17) is 0 Å². The maximum absolute atomic E-state index is 12.6. The zero-order chi connectivity index (χ0) is 17.6. The van der Waals surface area contributed by atoms with Gasteiger partial charge in [-0.2, -0.15) is 0 Å². The molecule has 0 aromatic carbocycles. The lowest BCUT2D eigenvalue weighted by atomic mass is 9.49. The van der Waals surface area contributed by atoms with Crippen LogP contribution in [-0.4, -0.2) is 11.1 Å². The van der Waals surface area contributed by atoms with E-state index < -0.39 is 0 Å². The van der Waals surface area contributed by atoms with Gasteiger partial charge in [-0.1, -0.05) is 43.1 Å². The minimum absolute atomic E-state index is 0.308. The molecule has 0 N–H and O–H groups in total. The molecule has 5 fully saturated rings. The van der Waals surface area contributed by atoms with Gasteiger partial charge in [0.1, 0.15) is 5.78 Å². The third-order valence-electron chi connectivity index (χ3n) is 10.8. The van der Waals surface area contributed by atoms with Crippen molar-refractivity contribution < 1.29 is 4.79 Å². The first-order chi connectivity index (χ1) is 11.9. The van der Waals surface area contributed by atoms with Crippen molar-refractivity contribution in [3.05, 3.63) is 0 Å². The van der Waals surface area contributed by atoms with Gasteiger partial charge >= 0.3 is 0 Å². The molecule has 0 aromatic heterocycles. The minimum Gasteiger partial charge on any atom is -0.298 e. The zero-order valence-electron chi connectivity index (χ0n) is 16.3. The lowest BCUT2D eigenvalue weighted by Gasteiger charge is -2.56. The monoisotopic (exact) mass is 406 g/mol. The maximum atomic E-state index is 12.6. The molecule has 140 valence electrons. The van der Waals surface area contributed by atoms with Crippen LogP contribution in [0.15, 0.2) is 0 Å². The quantitative estimate of drug-likeness (QED) is 0.495. The molecule has 5 aliphatic carbocycles. The van der Waals surface area contributed by atoms with E-state index in [1.807, 2.05) is 0 Å². The van der Waals surface area contributed by atoms with Gasteiger partial charge in [0.05, 0.1) is 5.33 Å². The van der Waals surface area contributed by atoms with Crippen molar-refractivity contribution in [1.29, 1.82) is 0 Å². The summed E-state index contributed by atoms with van der Waals surface area (Å²) in [6.45, 7) is 7.60. The van der Waals surface area contributed by atoms with E-state index in [9.17, 15) is 4.79 Å². The fourth-order valence-corrected chi connectivity index (χ4v) is 10.2. The molecule has 0 amide bonds. The van der Waals surface area contributed by atoms with E-state index in [1.165, 1.54) is 57.8 Å². The highest BCUT2D eigenvalue weighted by molar-refractivity contribution is 9.09. The van der Waals surface area contributed by atoms with E-state index in [0.29, 0.717) is 27.9 Å². The second-order valence-electron chi connectivity index (χ2n) is 11.0. The molecule has 9 atom stereocenters. The van der Waals surface area contributed by atoms with E-state index in [0.717, 1.165) is 35.0 Å². The number of ketones is 1. The second-order valence-corrected chi connectivity index (χ2v) is 11.5. The Labute approximate surface area is 162 Å². The van der Waals surface area contributed by atoms with Crippen LogP contribution >= 0.6 is 15.9 Å². The predicted octanol–water partition coefficient (Wildman–Crippen LogP) is 6.25. The second kappa shape index (κ2) is 5.36. The number of rotatable bonds is 2. The fraction of sp³-hybridized carbons (Fsp3) is 0.957. The van der Waals surface area contributed by atoms with Gasteiger partial charge in [0, 0.05) is 5.92 Å². The maximum Gasteiger partial charge on any atom is 0.147 e. The fourth-order valence-electron chi connectivity index (χ4n) is 9.77. The van der Waals surface area contributed by atoms with Crippen LogP contribution in [0.4, 0.5) is 0 Å². The van der Waals surface area contributed by atoms with Crippen LogP contribution in [0, 0.1) is 51.8 Å². The van der Waals surface area contributed by atoms with Crippen LogP contribution in [-0.2, 0) is 4.79 Å². The number of alkyl halides is 1. The Balaban J connectivity index is 1.46. The van der Waals surface area contributed by atoms with Crippen LogP contribution in [0.1, 0.15) is 78.6 Å². The Hall–Kier alpha value is 0.150. The van der Waals surface area contributed by atoms with Crippen LogP contribution < -0.4 is 0 Å². The highest BCUT2D eigenvalue weighted by Gasteiger charge is 2.80. The highest BCUT2D eigenvalue weighted by Crippen LogP contribution is 2.86. The van der Waals surface area contributed by atoms with E-state index >= 15 is 0 Å². The summed E-state index contributed by atoms with van der Waals surface area (Å²) in [5, 5.41) is 0.566. The minimum atomic E-state index is 0.308. The van der Waals surface area contributed by atoms with Gasteiger partial charge in [-0.15, -0.1) is 0 Å². The van der Waals surface area contributed by atoms with Crippen molar-refractivity contribution in [2.45, 2.75) is 78.6 Å². The number of fused-ring (bicyclic) bond motifs is 3. The van der Waals surface area contributed by atoms with Crippen LogP contribution in [0.2, 0.25) is 0 Å². The number of carbonyl (C=O) groups is 1. The number of halogens is 1. The van der Waals surface area contributed by atoms with E-state index in [2.05, 4.69) is 36.7 Å². The largest absolute Gasteiger partial charge is 0.298 e. The summed E-state index contributed by atoms with van der Waals surface area (Å²) in [5.41, 5.74) is 1.74. The third-order valence-corrected chi connectivity index (χ3v) is 11.3. The van der Waals surface area contributed by atoms with Gasteiger partial charge in [0.15, 0.2) is 0 Å². The molecule has 0 spiro atoms. The molecule has 25 heavy (non-hydrogen) atoms. The molecule has 5 rings (SSSR count). The molecule has 5 saturated carbocycles. The Kier molecular flexibility index (Phi) is 3.70. The first-order valence-electron chi connectivity index (χ1n) is 11.0. The Morgan fingerprint density at radius 1 is 1.00 bits per heavy atom. The molecule has 0 aromatic rings. The van der Waals surface area contributed by atoms with Crippen molar-refractivity contribution >= 4 is 21.7 Å². The van der Waals surface area contributed by atoms with E-state index in [1.54, 1.807) is 0 Å². The topological polar surface area (TPSA) is 17.1 Å². The molecule has 0 radical (unpaired) electrons. The predicted molar refractivity (Wildman–Crippen MR) is 106 cm³/mol. The molecule has 2 heteroatoms. The average Bonchev–Trinajstić information content (AvgIpc) is 2.95. The Morgan fingerprint density at radius 3 is 2.56 bits per heavy atom. The van der Waals surface area contributed by atoms with Gasteiger partial charge in [0.25, 0.3) is 0 Å². The molecule has 0 bridgehead atoms. The van der Waals surface area contributed by atoms with Crippen LogP contribution in [0.3, 0.4) is 0 Å². The smallest absolute Gasteiger partial charge is 0.147 e. The molecule has 1 nitrogen and oxygen atoms in total. The summed E-state index contributed by atoms with van der Waals surface area (Å²) >= 11 is 3.46. The van der Waals surface area contributed by atoms with Gasteiger partial charge in [-0.25, -0.2) is 0 Å². The summed E-state index contributed by atoms with van der Waals surface area (Å²) in [7, 11) is 0. The summed E-state index contributed by atoms with van der Waals surface area (Å²) in [4.78, 5) is 12.6. The molecular formula is C23H35BrO. The van der Waals surface area contributed by atoms with Crippen molar-refractivity contribution in [3.63, 3.8) is 0 Å². The summed E-state index contributed by atoms with van der Waals surface area (Å²) in [5.74, 6) is 5.50. The number of hydrogen-bond acceptors (Lipinski definition) is 1. The number of carbonyl (C=O) groups excluding carboxylic acids is 1. The lowest BCUT2D eigenvalue weighted by Crippen LogP contribution is -2.49. The molecular weight excluding hydrogens is 372 g/mol. The number of Topliss-reactive ketones (excluding diaryl/α,β-unsaturated/α-hetero) is 1. The SMILES string of the molecule is C[C@H]1CC[C@]23C4CC[C@@]5(C)C(CC[C@@H]5C(=O)CBr)[C@@H]4CC[C@@]2(C1)[C@H]3C. The van der Waals surface area contributed by atoms with Gasteiger partial charge < -0.3 is 0 Å². The van der Waals surface area contributed by atoms with Crippen LogP contribution in [0.25, 0.3) is 0 Å². The molecule has 0 saturated heterocycles. The van der Waals surface area contributed by atoms with Gasteiger partial charge in [-0.05, 0) is 97.2 Å². The molecule has 0 aliphatic heterocycles. The van der Waals surface area contributed by atoms with Crippen molar-refractivity contribution in [3.8, 4) is 0 Å². The van der Waals surface area contributed by atoms with E-state index in [-0.39, 0.29) is 0 Å². The standard InChI is InChI=1S/C23H35BrO/c1-14-6-11-23-15(2)22(23,12-14)10-7-16-17-4-5-19(20(25)13-24)21(17,3)9-8-18(16)23/h14-19H,4-13H2,1-3H3/t14-,15+,16-,17?,18?,19+,21-,22+,23-/m0/s1. The van der Waals surface area contributed by atoms with Crippen molar-refractivity contribution in [2.24, 2.45) is 51.8 Å². The molecule has 5 aliphatic rings. The van der Waals surface area contributed by atoms with Gasteiger partial charge in [0.2, 0.25) is 0 Å². The summed E-state index contributed by atoms with van der Waals surface area (Å²) in [6.07, 6.45) is 12.7. The lowest BCUT2D eigenvalue weighted by molar-refractivity contribution is -0.128. The molecule has 0 heterocycles. The Bertz CT molecular complexity index is 601. The van der Waals surface area contributed by atoms with Crippen LogP contribution in [0.5, 0.6) is 0 Å². The summed E-state index contributed by atoms with van der Waals surface area (Å²) in [6, 6.07) is 0. The number of hydrogen-bond donors (Lipinski definition) is 0. The molecule has 2 unspecified atom stereocenters. The summed E-state index contributed by atoms with van der Waals surface area (Å²) < 4.78 is 0. The van der Waals surface area contributed by atoms with Crippen molar-refractivity contribution in [1.82, 2.24) is 0 Å². The van der Waals surface area contributed by atoms with Crippen molar-refractivity contribution in [2.75, 3.05) is 5.33 Å². The normalized spacial score (nSPS) is 59.4. The zero-order valence-corrected chi connectivity index (χ0v) is 17.9. The first kappa shape index (κ1) is 17.3. The van der Waals surface area contributed by atoms with Gasteiger partial charge in [-0.3, -0.25) is 4.79 Å². The first-order valence-corrected chi connectivity index (χ1v) is 12.1. The third kappa shape index (κ3) is 1.89. The average molecular weight is 407 g/mol.